The molecule has 0 radical (unpaired) electrons. The van der Waals surface area contributed by atoms with Crippen LogP contribution < -0.4 is 5.32 Å². The predicted octanol–water partition coefficient (Wildman–Crippen LogP) is 3.25. The van der Waals surface area contributed by atoms with Crippen LogP contribution in [-0.2, 0) is 9.53 Å². The summed E-state index contributed by atoms with van der Waals surface area (Å²) in [5, 5.41) is 3.89. The van der Waals surface area contributed by atoms with Gasteiger partial charge in [-0.05, 0) is 51.0 Å². The van der Waals surface area contributed by atoms with Crippen LogP contribution in [0.25, 0.3) is 0 Å². The van der Waals surface area contributed by atoms with Gasteiger partial charge in [-0.25, -0.2) is 4.79 Å². The Kier molecular flexibility index (Phi) is 5.63. The molecular weight excluding hydrogens is 250 g/mol. The number of aryl methyl sites for hydroxylation is 1. The fourth-order valence-corrected chi connectivity index (χ4v) is 2.03. The lowest BCUT2D eigenvalue weighted by atomic mass is 10.0. The van der Waals surface area contributed by atoms with Crippen molar-refractivity contribution in [2.75, 3.05) is 6.61 Å². The minimum atomic E-state index is -0.442. The van der Waals surface area contributed by atoms with E-state index in [4.69, 9.17) is 16.3 Å². The van der Waals surface area contributed by atoms with Crippen molar-refractivity contribution in [1.82, 2.24) is 5.32 Å². The normalized spacial score (nSPS) is 12.6. The molecule has 0 spiro atoms. The molecule has 0 saturated heterocycles. The number of benzene rings is 1. The minimum Gasteiger partial charge on any atom is -0.465 e. The lowest BCUT2D eigenvalue weighted by Gasteiger charge is -2.21. The van der Waals surface area contributed by atoms with Crippen LogP contribution in [0.2, 0.25) is 5.02 Å². The number of carbonyl (C=O) groups is 1. The van der Waals surface area contributed by atoms with Gasteiger partial charge in [-0.3, -0.25) is 5.32 Å². The van der Waals surface area contributed by atoms with Crippen molar-refractivity contribution in [3.05, 3.63) is 34.3 Å². The third-order valence-corrected chi connectivity index (χ3v) is 2.80. The number of nitrogens with one attached hydrogen (secondary N) is 1. The Morgan fingerprint density at radius 1 is 1.44 bits per heavy atom. The van der Waals surface area contributed by atoms with E-state index in [0.29, 0.717) is 11.6 Å². The van der Waals surface area contributed by atoms with Gasteiger partial charge in [-0.1, -0.05) is 17.7 Å². The molecule has 1 rings (SSSR count). The van der Waals surface area contributed by atoms with Gasteiger partial charge in [0.1, 0.15) is 6.04 Å². The maximum absolute atomic E-state index is 12.0. The summed E-state index contributed by atoms with van der Waals surface area (Å²) in [5.74, 6) is -0.253. The van der Waals surface area contributed by atoms with Gasteiger partial charge in [0.25, 0.3) is 0 Å². The highest BCUT2D eigenvalue weighted by molar-refractivity contribution is 6.30. The van der Waals surface area contributed by atoms with E-state index in [9.17, 15) is 4.79 Å². The van der Waals surface area contributed by atoms with Gasteiger partial charge in [-0.2, -0.15) is 0 Å². The van der Waals surface area contributed by atoms with Crippen molar-refractivity contribution < 1.29 is 9.53 Å². The van der Waals surface area contributed by atoms with E-state index in [0.717, 1.165) is 11.1 Å². The second-order valence-electron chi connectivity index (χ2n) is 4.51. The molecule has 1 aromatic rings. The van der Waals surface area contributed by atoms with Crippen LogP contribution in [0.5, 0.6) is 0 Å². The molecule has 0 aliphatic carbocycles. The average molecular weight is 270 g/mol. The van der Waals surface area contributed by atoms with Crippen molar-refractivity contribution in [3.8, 4) is 0 Å². The molecule has 0 aromatic heterocycles. The molecule has 1 unspecified atom stereocenters. The SMILES string of the molecule is CCOC(=O)C(NC(C)C)c1ccc(Cl)cc1C. The molecule has 4 heteroatoms. The topological polar surface area (TPSA) is 38.3 Å². The number of hydrogen-bond donors (Lipinski definition) is 1. The summed E-state index contributed by atoms with van der Waals surface area (Å²) in [6.07, 6.45) is 0. The van der Waals surface area contributed by atoms with Gasteiger partial charge in [-0.15, -0.1) is 0 Å². The van der Waals surface area contributed by atoms with Crippen LogP contribution >= 0.6 is 11.6 Å². The molecule has 0 bridgehead atoms. The minimum absolute atomic E-state index is 0.189. The van der Waals surface area contributed by atoms with Gasteiger partial charge in [0.2, 0.25) is 0 Å². The molecule has 0 fully saturated rings. The van der Waals surface area contributed by atoms with Crippen LogP contribution in [0, 0.1) is 6.92 Å². The molecule has 100 valence electrons. The van der Waals surface area contributed by atoms with Gasteiger partial charge < -0.3 is 4.74 Å². The number of hydrogen-bond acceptors (Lipinski definition) is 3. The van der Waals surface area contributed by atoms with Crippen molar-refractivity contribution in [2.45, 2.75) is 39.8 Å². The number of ether oxygens (including phenoxy) is 1. The molecule has 0 aliphatic heterocycles. The highest BCUT2D eigenvalue weighted by Crippen LogP contribution is 2.23. The molecule has 1 aromatic carbocycles. The van der Waals surface area contributed by atoms with Crippen molar-refractivity contribution >= 4 is 17.6 Å². The predicted molar refractivity (Wildman–Crippen MR) is 73.8 cm³/mol. The fourth-order valence-electron chi connectivity index (χ4n) is 1.81. The summed E-state index contributed by atoms with van der Waals surface area (Å²) < 4.78 is 5.11. The molecule has 0 saturated carbocycles. The lowest BCUT2D eigenvalue weighted by Crippen LogP contribution is -2.35. The first-order valence-electron chi connectivity index (χ1n) is 6.14. The maximum atomic E-state index is 12.0. The highest BCUT2D eigenvalue weighted by atomic mass is 35.5. The molecular formula is C14H20ClNO2. The number of rotatable bonds is 5. The standard InChI is InChI=1S/C14H20ClNO2/c1-5-18-14(17)13(16-9(2)3)12-7-6-11(15)8-10(12)4/h6-9,13,16H,5H2,1-4H3. The van der Waals surface area contributed by atoms with E-state index in [-0.39, 0.29) is 12.0 Å². The molecule has 0 heterocycles. The zero-order chi connectivity index (χ0) is 13.7. The van der Waals surface area contributed by atoms with E-state index in [1.807, 2.05) is 32.9 Å². The van der Waals surface area contributed by atoms with Gasteiger partial charge >= 0.3 is 5.97 Å². The van der Waals surface area contributed by atoms with E-state index < -0.39 is 6.04 Å². The first kappa shape index (κ1) is 15.0. The fraction of sp³-hybridized carbons (Fsp3) is 0.500. The van der Waals surface area contributed by atoms with Crippen LogP contribution in [0.3, 0.4) is 0 Å². The molecule has 0 aliphatic rings. The summed E-state index contributed by atoms with van der Waals surface area (Å²) >= 11 is 5.93. The smallest absolute Gasteiger partial charge is 0.327 e. The van der Waals surface area contributed by atoms with E-state index in [1.165, 1.54) is 0 Å². The Balaban J connectivity index is 3.04. The van der Waals surface area contributed by atoms with Crippen molar-refractivity contribution in [2.24, 2.45) is 0 Å². The van der Waals surface area contributed by atoms with Crippen LogP contribution in [-0.4, -0.2) is 18.6 Å². The second kappa shape index (κ2) is 6.76. The summed E-state index contributed by atoms with van der Waals surface area (Å²) in [5.41, 5.74) is 1.89. The third kappa shape index (κ3) is 4.00. The molecule has 1 N–H and O–H groups in total. The first-order chi connectivity index (χ1) is 8.45. The highest BCUT2D eigenvalue weighted by Gasteiger charge is 2.23. The van der Waals surface area contributed by atoms with Crippen LogP contribution in [0.1, 0.15) is 37.9 Å². The Morgan fingerprint density at radius 3 is 2.61 bits per heavy atom. The Labute approximate surface area is 113 Å². The van der Waals surface area contributed by atoms with E-state index in [2.05, 4.69) is 5.32 Å². The molecule has 0 amide bonds. The largest absolute Gasteiger partial charge is 0.465 e. The lowest BCUT2D eigenvalue weighted by molar-refractivity contribution is -0.146. The van der Waals surface area contributed by atoms with Crippen LogP contribution in [0.4, 0.5) is 0 Å². The van der Waals surface area contributed by atoms with Crippen molar-refractivity contribution in [1.29, 1.82) is 0 Å². The number of halogens is 1. The molecule has 18 heavy (non-hydrogen) atoms. The van der Waals surface area contributed by atoms with Crippen LogP contribution in [0.15, 0.2) is 18.2 Å². The molecule has 3 nitrogen and oxygen atoms in total. The number of carbonyl (C=O) groups excluding carboxylic acids is 1. The van der Waals surface area contributed by atoms with Gasteiger partial charge in [0.15, 0.2) is 0 Å². The maximum Gasteiger partial charge on any atom is 0.327 e. The molecule has 1 atom stereocenters. The van der Waals surface area contributed by atoms with E-state index in [1.54, 1.807) is 13.0 Å². The summed E-state index contributed by atoms with van der Waals surface area (Å²) in [7, 11) is 0. The number of esters is 1. The second-order valence-corrected chi connectivity index (χ2v) is 4.94. The Bertz CT molecular complexity index is 418. The Morgan fingerprint density at radius 2 is 2.11 bits per heavy atom. The summed E-state index contributed by atoms with van der Waals surface area (Å²) in [6, 6.07) is 5.26. The van der Waals surface area contributed by atoms with Gasteiger partial charge in [0.05, 0.1) is 6.61 Å². The average Bonchev–Trinajstić information content (AvgIpc) is 2.26. The van der Waals surface area contributed by atoms with Gasteiger partial charge in [0, 0.05) is 11.1 Å². The van der Waals surface area contributed by atoms with E-state index >= 15 is 0 Å². The quantitative estimate of drug-likeness (QED) is 0.834. The zero-order valence-corrected chi connectivity index (χ0v) is 12.0. The van der Waals surface area contributed by atoms with Crippen molar-refractivity contribution in [3.63, 3.8) is 0 Å². The summed E-state index contributed by atoms with van der Waals surface area (Å²) in [4.78, 5) is 12.0. The first-order valence-corrected chi connectivity index (χ1v) is 6.52. The Hall–Kier alpha value is -1.06. The third-order valence-electron chi connectivity index (χ3n) is 2.57. The monoisotopic (exact) mass is 269 g/mol. The zero-order valence-electron chi connectivity index (χ0n) is 11.3. The summed E-state index contributed by atoms with van der Waals surface area (Å²) in [6.45, 7) is 8.12.